The number of rotatable bonds is 6. The summed E-state index contributed by atoms with van der Waals surface area (Å²) in [6.07, 6.45) is 3.25. The van der Waals surface area contributed by atoms with Crippen LogP contribution in [0.1, 0.15) is 42.5 Å². The van der Waals surface area contributed by atoms with Crippen LogP contribution >= 0.6 is 27.5 Å². The van der Waals surface area contributed by atoms with Crippen LogP contribution in [0.5, 0.6) is 5.75 Å². The molecular formula is C28H28BrClN2O. The summed E-state index contributed by atoms with van der Waals surface area (Å²) in [5, 5.41) is 0.778. The van der Waals surface area contributed by atoms with Gasteiger partial charge in [-0.2, -0.15) is 0 Å². The second-order valence-electron chi connectivity index (χ2n) is 8.41. The van der Waals surface area contributed by atoms with Crippen molar-refractivity contribution in [3.8, 4) is 17.1 Å². The van der Waals surface area contributed by atoms with Gasteiger partial charge in [-0.05, 0) is 91.4 Å². The molecule has 0 saturated carbocycles. The molecule has 170 valence electrons. The summed E-state index contributed by atoms with van der Waals surface area (Å²) < 4.78 is 8.92. The normalized spacial score (nSPS) is 11.9. The highest BCUT2D eigenvalue weighted by molar-refractivity contribution is 9.10. The second-order valence-corrected chi connectivity index (χ2v) is 9.73. The molecule has 0 aliphatic rings. The summed E-state index contributed by atoms with van der Waals surface area (Å²) in [4.78, 5) is 5.10. The molecule has 0 amide bonds. The molecule has 3 aromatic carbocycles. The molecule has 1 heterocycles. The Kier molecular flexibility index (Phi) is 6.96. The van der Waals surface area contributed by atoms with Gasteiger partial charge in [0.15, 0.2) is 0 Å². The summed E-state index contributed by atoms with van der Waals surface area (Å²) in [6, 6.07) is 16.7. The van der Waals surface area contributed by atoms with Crippen LogP contribution in [0.15, 0.2) is 59.1 Å². The first kappa shape index (κ1) is 23.6. The monoisotopic (exact) mass is 522 g/mol. The molecule has 0 unspecified atom stereocenters. The van der Waals surface area contributed by atoms with E-state index in [1.807, 2.05) is 18.2 Å². The Hall–Kier alpha value is -2.56. The van der Waals surface area contributed by atoms with Crippen molar-refractivity contribution in [1.29, 1.82) is 0 Å². The van der Waals surface area contributed by atoms with E-state index >= 15 is 0 Å². The molecule has 33 heavy (non-hydrogen) atoms. The van der Waals surface area contributed by atoms with Crippen LogP contribution in [0.25, 0.3) is 28.0 Å². The van der Waals surface area contributed by atoms with Gasteiger partial charge in [0.25, 0.3) is 0 Å². The number of ether oxygens (including phenoxy) is 1. The minimum atomic E-state index is 0.621. The number of hydrogen-bond donors (Lipinski definition) is 0. The largest absolute Gasteiger partial charge is 0.496 e. The fourth-order valence-electron chi connectivity index (χ4n) is 4.32. The third-order valence-electron chi connectivity index (χ3n) is 6.00. The number of aromatic nitrogens is 2. The Labute approximate surface area is 209 Å². The van der Waals surface area contributed by atoms with E-state index in [2.05, 4.69) is 84.6 Å². The molecule has 0 N–H and O–H groups in total. The van der Waals surface area contributed by atoms with E-state index in [0.717, 1.165) is 55.2 Å². The summed E-state index contributed by atoms with van der Waals surface area (Å²) >= 11 is 10.3. The lowest BCUT2D eigenvalue weighted by Gasteiger charge is -2.16. The van der Waals surface area contributed by atoms with Crippen molar-refractivity contribution < 1.29 is 4.74 Å². The number of aryl methyl sites for hydroxylation is 2. The number of fused-ring (bicyclic) bond motifs is 1. The van der Waals surface area contributed by atoms with Gasteiger partial charge in [-0.1, -0.05) is 52.7 Å². The van der Waals surface area contributed by atoms with Crippen molar-refractivity contribution in [3.63, 3.8) is 0 Å². The first-order valence-corrected chi connectivity index (χ1v) is 12.3. The van der Waals surface area contributed by atoms with Gasteiger partial charge in [0.1, 0.15) is 11.6 Å². The number of nitrogens with zero attached hydrogens (tertiary/aromatic N) is 2. The van der Waals surface area contributed by atoms with Gasteiger partial charge in [-0.3, -0.25) is 0 Å². The molecule has 4 aromatic rings. The Bertz CT molecular complexity index is 1350. The van der Waals surface area contributed by atoms with Crippen molar-refractivity contribution >= 4 is 44.1 Å². The Morgan fingerprint density at radius 2 is 1.91 bits per heavy atom. The molecule has 0 spiro atoms. The van der Waals surface area contributed by atoms with Crippen LogP contribution in [0.4, 0.5) is 0 Å². The van der Waals surface area contributed by atoms with Crippen LogP contribution < -0.4 is 4.74 Å². The van der Waals surface area contributed by atoms with E-state index in [0.29, 0.717) is 6.54 Å². The van der Waals surface area contributed by atoms with Gasteiger partial charge in [0.2, 0.25) is 0 Å². The Morgan fingerprint density at radius 1 is 1.12 bits per heavy atom. The summed E-state index contributed by atoms with van der Waals surface area (Å²) in [5.41, 5.74) is 8.83. The maximum atomic E-state index is 6.71. The van der Waals surface area contributed by atoms with Gasteiger partial charge < -0.3 is 9.30 Å². The van der Waals surface area contributed by atoms with Crippen molar-refractivity contribution in [3.05, 3.63) is 86.4 Å². The molecule has 0 bridgehead atoms. The number of methoxy groups -OCH3 is 1. The summed E-state index contributed by atoms with van der Waals surface area (Å²) in [6.45, 7) is 9.11. The molecule has 0 aliphatic carbocycles. The number of benzene rings is 3. The fourth-order valence-corrected chi connectivity index (χ4v) is 5.07. The van der Waals surface area contributed by atoms with Crippen LogP contribution in [0.3, 0.4) is 0 Å². The molecular weight excluding hydrogens is 496 g/mol. The van der Waals surface area contributed by atoms with E-state index < -0.39 is 0 Å². The molecule has 0 fully saturated rings. The molecule has 5 heteroatoms. The van der Waals surface area contributed by atoms with Crippen molar-refractivity contribution in [2.45, 2.75) is 40.7 Å². The molecule has 1 aromatic heterocycles. The topological polar surface area (TPSA) is 27.1 Å². The molecule has 0 saturated heterocycles. The minimum absolute atomic E-state index is 0.621. The van der Waals surface area contributed by atoms with Crippen LogP contribution in [-0.4, -0.2) is 16.7 Å². The average molecular weight is 524 g/mol. The number of hydrogen-bond acceptors (Lipinski definition) is 2. The third-order valence-corrected chi connectivity index (χ3v) is 6.83. The number of halogens is 2. The zero-order valence-corrected chi connectivity index (χ0v) is 22.0. The first-order valence-electron chi connectivity index (χ1n) is 11.1. The van der Waals surface area contributed by atoms with Crippen LogP contribution in [0.2, 0.25) is 5.02 Å². The Morgan fingerprint density at radius 3 is 2.61 bits per heavy atom. The smallest absolute Gasteiger partial charge is 0.145 e. The maximum absolute atomic E-state index is 6.71. The predicted molar refractivity (Wildman–Crippen MR) is 143 cm³/mol. The maximum Gasteiger partial charge on any atom is 0.145 e. The number of imidazole rings is 1. The SMILES string of the molecule is CC/C=C(\C)c1ccc2c(c1)nc(-c1cc(Br)ccc1OC)n2Cc1c(C)cc(C)cc1Cl. The zero-order valence-electron chi connectivity index (χ0n) is 19.7. The second kappa shape index (κ2) is 9.74. The first-order chi connectivity index (χ1) is 15.8. The standard InChI is InChI=1S/C28H28BrClN2O/c1-6-7-18(3)20-8-10-26-25(14-20)31-28(22-15-21(29)9-11-27(22)33-5)32(26)16-23-19(4)12-17(2)13-24(23)30/h7-15H,6,16H2,1-5H3/b18-7+. The lowest BCUT2D eigenvalue weighted by molar-refractivity contribution is 0.416. The highest BCUT2D eigenvalue weighted by Gasteiger charge is 2.19. The van der Waals surface area contributed by atoms with E-state index in [1.165, 1.54) is 16.7 Å². The van der Waals surface area contributed by atoms with Gasteiger partial charge >= 0.3 is 0 Å². The lowest BCUT2D eigenvalue weighted by Crippen LogP contribution is -2.05. The zero-order chi connectivity index (χ0) is 23.7. The quantitative estimate of drug-likeness (QED) is 0.253. The highest BCUT2D eigenvalue weighted by atomic mass is 79.9. The molecule has 0 atom stereocenters. The van der Waals surface area contributed by atoms with Crippen LogP contribution in [-0.2, 0) is 6.54 Å². The lowest BCUT2D eigenvalue weighted by atomic mass is 10.0. The van der Waals surface area contributed by atoms with Gasteiger partial charge in [0, 0.05) is 9.50 Å². The van der Waals surface area contributed by atoms with Crippen molar-refractivity contribution in [1.82, 2.24) is 9.55 Å². The van der Waals surface area contributed by atoms with E-state index in [9.17, 15) is 0 Å². The molecule has 0 aliphatic heterocycles. The fraction of sp³-hybridized carbons (Fsp3) is 0.250. The molecule has 0 radical (unpaired) electrons. The summed E-state index contributed by atoms with van der Waals surface area (Å²) in [7, 11) is 1.69. The van der Waals surface area contributed by atoms with Crippen LogP contribution in [0, 0.1) is 13.8 Å². The average Bonchev–Trinajstić information content (AvgIpc) is 3.13. The van der Waals surface area contributed by atoms with Crippen molar-refractivity contribution in [2.24, 2.45) is 0 Å². The van der Waals surface area contributed by atoms with E-state index in [4.69, 9.17) is 21.3 Å². The molecule has 4 rings (SSSR count). The molecule has 3 nitrogen and oxygen atoms in total. The highest BCUT2D eigenvalue weighted by Crippen LogP contribution is 2.36. The van der Waals surface area contributed by atoms with Crippen molar-refractivity contribution in [2.75, 3.05) is 7.11 Å². The van der Waals surface area contributed by atoms with E-state index in [1.54, 1.807) is 7.11 Å². The third kappa shape index (κ3) is 4.73. The van der Waals surface area contributed by atoms with Gasteiger partial charge in [0.05, 0.1) is 30.3 Å². The Balaban J connectivity index is 1.98. The van der Waals surface area contributed by atoms with Gasteiger partial charge in [-0.25, -0.2) is 4.98 Å². The predicted octanol–water partition coefficient (Wildman–Crippen LogP) is 8.61. The van der Waals surface area contributed by atoms with Gasteiger partial charge in [-0.15, -0.1) is 0 Å². The summed E-state index contributed by atoms with van der Waals surface area (Å²) in [5.74, 6) is 1.64. The minimum Gasteiger partial charge on any atom is -0.496 e. The number of allylic oxidation sites excluding steroid dienone is 2. The van der Waals surface area contributed by atoms with E-state index in [-0.39, 0.29) is 0 Å².